The SMILES string of the molecule is COc1cccc(COc2ccc3c(c2)N(CCN(C)CI)CCn2c-3c(C3CCCCC3)c3ccc(C(=O)O)cc32)c1. The highest BCUT2D eigenvalue weighted by Gasteiger charge is 2.31. The van der Waals surface area contributed by atoms with E-state index in [1.54, 1.807) is 13.2 Å². The van der Waals surface area contributed by atoms with Crippen molar-refractivity contribution in [2.24, 2.45) is 0 Å². The molecule has 1 aromatic heterocycles. The van der Waals surface area contributed by atoms with E-state index in [0.717, 1.165) is 53.3 Å². The third-order valence-corrected chi connectivity index (χ3v) is 10.2. The van der Waals surface area contributed by atoms with Crippen LogP contribution < -0.4 is 14.4 Å². The van der Waals surface area contributed by atoms with E-state index in [9.17, 15) is 9.90 Å². The number of methoxy groups -OCH3 is 1. The number of benzene rings is 3. The van der Waals surface area contributed by atoms with E-state index in [4.69, 9.17) is 9.47 Å². The third kappa shape index (κ3) is 6.22. The van der Waals surface area contributed by atoms with Gasteiger partial charge in [-0.25, -0.2) is 4.79 Å². The quantitative estimate of drug-likeness (QED) is 0.104. The van der Waals surface area contributed by atoms with Crippen molar-refractivity contribution in [2.75, 3.05) is 43.2 Å². The first-order valence-electron chi connectivity index (χ1n) is 15.3. The highest BCUT2D eigenvalue weighted by atomic mass is 127. The second kappa shape index (κ2) is 13.2. The van der Waals surface area contributed by atoms with Crippen LogP contribution in [0.25, 0.3) is 22.2 Å². The summed E-state index contributed by atoms with van der Waals surface area (Å²) in [5.74, 6) is 1.25. The molecule has 0 saturated heterocycles. The summed E-state index contributed by atoms with van der Waals surface area (Å²) in [5, 5.41) is 11.1. The molecule has 2 heterocycles. The summed E-state index contributed by atoms with van der Waals surface area (Å²) >= 11 is 2.41. The van der Waals surface area contributed by atoms with E-state index in [2.05, 4.69) is 74.3 Å². The summed E-state index contributed by atoms with van der Waals surface area (Å²) in [6.07, 6.45) is 6.11. The molecule has 1 aliphatic heterocycles. The number of aromatic carboxylic acids is 1. The van der Waals surface area contributed by atoms with Crippen LogP contribution in [-0.4, -0.2) is 58.9 Å². The van der Waals surface area contributed by atoms with Crippen LogP contribution >= 0.6 is 22.6 Å². The number of carboxylic acids is 1. The van der Waals surface area contributed by atoms with Gasteiger partial charge in [-0.15, -0.1) is 0 Å². The van der Waals surface area contributed by atoms with Gasteiger partial charge in [0.1, 0.15) is 18.1 Å². The lowest BCUT2D eigenvalue weighted by Crippen LogP contribution is -2.34. The molecule has 43 heavy (non-hydrogen) atoms. The summed E-state index contributed by atoms with van der Waals surface area (Å²) in [5.41, 5.74) is 7.47. The molecule has 8 heteroatoms. The molecule has 0 unspecified atom stereocenters. The molecule has 226 valence electrons. The van der Waals surface area contributed by atoms with Crippen molar-refractivity contribution in [1.82, 2.24) is 9.47 Å². The highest BCUT2D eigenvalue weighted by molar-refractivity contribution is 14.1. The number of hydrogen-bond donors (Lipinski definition) is 1. The number of likely N-dealkylation sites (N-methyl/N-ethyl adjacent to an activating group) is 1. The lowest BCUT2D eigenvalue weighted by molar-refractivity contribution is 0.0697. The predicted octanol–water partition coefficient (Wildman–Crippen LogP) is 7.79. The minimum Gasteiger partial charge on any atom is -0.497 e. The molecule has 1 N–H and O–H groups in total. The number of aromatic nitrogens is 1. The summed E-state index contributed by atoms with van der Waals surface area (Å²) in [6, 6.07) is 20.2. The molecule has 0 spiro atoms. The molecule has 0 radical (unpaired) electrons. The van der Waals surface area contributed by atoms with Crippen LogP contribution in [0.4, 0.5) is 5.69 Å². The number of ether oxygens (including phenoxy) is 2. The van der Waals surface area contributed by atoms with Crippen LogP contribution in [0.1, 0.15) is 59.5 Å². The number of hydrogen-bond acceptors (Lipinski definition) is 5. The lowest BCUT2D eigenvalue weighted by atomic mass is 9.81. The molecule has 4 aromatic rings. The maximum Gasteiger partial charge on any atom is 0.335 e. The minimum atomic E-state index is -0.882. The maximum atomic E-state index is 12.0. The fourth-order valence-corrected chi connectivity index (χ4v) is 7.09. The molecule has 1 saturated carbocycles. The monoisotopic (exact) mass is 693 g/mol. The number of carboxylic acid groups (broad SMARTS) is 1. The molecular formula is C35H40IN3O4. The van der Waals surface area contributed by atoms with E-state index < -0.39 is 5.97 Å². The predicted molar refractivity (Wildman–Crippen MR) is 181 cm³/mol. The second-order valence-corrected chi connectivity index (χ2v) is 12.5. The highest BCUT2D eigenvalue weighted by Crippen LogP contribution is 2.48. The van der Waals surface area contributed by atoms with Crippen LogP contribution in [0.15, 0.2) is 60.7 Å². The van der Waals surface area contributed by atoms with E-state index in [1.165, 1.54) is 60.0 Å². The standard InChI is InChI=1S/C35H40IN3O4/c1-37(23-36)15-16-38-17-18-39-32-20-26(35(40)41)11-13-29(32)33(25-8-4-3-5-9-25)34(39)30-14-12-28(21-31(30)38)43-22-24-7-6-10-27(19-24)42-2/h6-7,10-14,19-21,25H,3-5,8-9,15-18,22-23H2,1-2H3,(H,40,41). The number of rotatable bonds is 10. The van der Waals surface area contributed by atoms with Crippen molar-refractivity contribution in [2.45, 2.75) is 51.2 Å². The Bertz CT molecular complexity index is 1610. The van der Waals surface area contributed by atoms with Crippen LogP contribution in [0.5, 0.6) is 11.5 Å². The van der Waals surface area contributed by atoms with Gasteiger partial charge in [-0.05, 0) is 73.3 Å². The number of carbonyl (C=O) groups is 1. The summed E-state index contributed by atoms with van der Waals surface area (Å²) in [4.78, 5) is 16.8. The molecule has 3 aromatic carbocycles. The van der Waals surface area contributed by atoms with Crippen molar-refractivity contribution in [3.63, 3.8) is 0 Å². The van der Waals surface area contributed by atoms with Crippen molar-refractivity contribution in [3.05, 3.63) is 77.4 Å². The van der Waals surface area contributed by atoms with Gasteiger partial charge < -0.3 is 24.0 Å². The van der Waals surface area contributed by atoms with Crippen molar-refractivity contribution in [3.8, 4) is 22.8 Å². The molecule has 0 amide bonds. The topological polar surface area (TPSA) is 67.2 Å². The largest absolute Gasteiger partial charge is 0.497 e. The van der Waals surface area contributed by atoms with E-state index in [1.807, 2.05) is 24.3 Å². The summed E-state index contributed by atoms with van der Waals surface area (Å²) < 4.78 is 15.1. The molecule has 7 nitrogen and oxygen atoms in total. The number of nitrogens with zero attached hydrogens (tertiary/aromatic N) is 3. The fourth-order valence-electron chi connectivity index (χ4n) is 6.75. The molecule has 0 bridgehead atoms. The van der Waals surface area contributed by atoms with E-state index in [0.29, 0.717) is 18.1 Å². The number of halogens is 1. The van der Waals surface area contributed by atoms with Gasteiger partial charge in [0.05, 0.1) is 22.9 Å². The zero-order valence-corrected chi connectivity index (χ0v) is 27.2. The van der Waals surface area contributed by atoms with Crippen LogP contribution in [0, 0.1) is 0 Å². The Morgan fingerprint density at radius 3 is 2.63 bits per heavy atom. The van der Waals surface area contributed by atoms with Gasteiger partial charge in [0.2, 0.25) is 0 Å². The maximum absolute atomic E-state index is 12.0. The van der Waals surface area contributed by atoms with Gasteiger partial charge in [0, 0.05) is 54.4 Å². The number of alkyl halides is 1. The van der Waals surface area contributed by atoms with Crippen molar-refractivity contribution < 1.29 is 19.4 Å². The smallest absolute Gasteiger partial charge is 0.335 e. The van der Waals surface area contributed by atoms with Gasteiger partial charge in [-0.2, -0.15) is 0 Å². The summed E-state index contributed by atoms with van der Waals surface area (Å²) in [7, 11) is 3.84. The van der Waals surface area contributed by atoms with E-state index in [-0.39, 0.29) is 0 Å². The van der Waals surface area contributed by atoms with Gasteiger partial charge in [0.15, 0.2) is 0 Å². The lowest BCUT2D eigenvalue weighted by Gasteiger charge is -2.28. The van der Waals surface area contributed by atoms with Crippen molar-refractivity contribution in [1.29, 1.82) is 0 Å². The fraction of sp³-hybridized carbons (Fsp3) is 0.400. The molecule has 6 rings (SSSR count). The number of fused-ring (bicyclic) bond motifs is 5. The molecule has 0 atom stereocenters. The molecule has 1 fully saturated rings. The number of anilines is 1. The van der Waals surface area contributed by atoms with Gasteiger partial charge in [0.25, 0.3) is 0 Å². The molecule has 2 aliphatic rings. The first-order valence-corrected chi connectivity index (χ1v) is 16.8. The Morgan fingerprint density at radius 2 is 1.86 bits per heavy atom. The average molecular weight is 694 g/mol. The van der Waals surface area contributed by atoms with Gasteiger partial charge >= 0.3 is 5.97 Å². The zero-order valence-electron chi connectivity index (χ0n) is 25.0. The van der Waals surface area contributed by atoms with Crippen LogP contribution in [0.3, 0.4) is 0 Å². The van der Waals surface area contributed by atoms with Crippen LogP contribution in [-0.2, 0) is 13.2 Å². The van der Waals surface area contributed by atoms with E-state index >= 15 is 0 Å². The third-order valence-electron chi connectivity index (χ3n) is 9.02. The zero-order chi connectivity index (χ0) is 29.9. The minimum absolute atomic E-state index is 0.342. The molecular weight excluding hydrogens is 653 g/mol. The Kier molecular flexibility index (Phi) is 9.14. The first kappa shape index (κ1) is 29.8. The first-order chi connectivity index (χ1) is 21.0. The normalized spacial score (nSPS) is 15.3. The average Bonchev–Trinajstić information content (AvgIpc) is 3.28. The second-order valence-electron chi connectivity index (χ2n) is 11.8. The van der Waals surface area contributed by atoms with Gasteiger partial charge in [-0.3, -0.25) is 4.90 Å². The Hall–Kier alpha value is -3.24. The Balaban J connectivity index is 1.46. The Morgan fingerprint density at radius 1 is 1.02 bits per heavy atom. The van der Waals surface area contributed by atoms with Crippen LogP contribution in [0.2, 0.25) is 0 Å². The van der Waals surface area contributed by atoms with Crippen molar-refractivity contribution >= 4 is 45.2 Å². The molecule has 1 aliphatic carbocycles. The Labute approximate surface area is 267 Å². The van der Waals surface area contributed by atoms with Gasteiger partial charge in [-0.1, -0.05) is 60.1 Å². The summed E-state index contributed by atoms with van der Waals surface area (Å²) in [6.45, 7) is 3.93.